The van der Waals surface area contributed by atoms with E-state index < -0.39 is 35.0 Å². The van der Waals surface area contributed by atoms with E-state index in [1.54, 1.807) is 0 Å². The van der Waals surface area contributed by atoms with Crippen molar-refractivity contribution in [3.05, 3.63) is 24.3 Å². The van der Waals surface area contributed by atoms with Gasteiger partial charge in [0.25, 0.3) is 11.8 Å². The minimum atomic E-state index is -1.12. The SMILES string of the molecule is C=C(C)[C@H](NC(=O)CCCCCN1C(=O)C=CC1=O)C(=O)N[C@@H](CCC(=O)O)C(=O)S. The molecular formula is C20H27N3O7S. The van der Waals surface area contributed by atoms with Crippen molar-refractivity contribution in [1.82, 2.24) is 15.5 Å². The summed E-state index contributed by atoms with van der Waals surface area (Å²) in [5.41, 5.74) is 0.341. The standard InChI is InChI=1S/C20H27N3O7S/c1-12(2)18(19(29)21-13(20(30)31)7-10-17(27)28)22-14(24)6-4-3-5-11-23-15(25)8-9-16(23)26/h8-9,13,18H,1,3-7,10-11H2,2H3,(H,21,29)(H,22,24)(H,27,28)(H,30,31)/t13-,18-/m0/s1. The van der Waals surface area contributed by atoms with Crippen LogP contribution in [0.5, 0.6) is 0 Å². The number of unbranched alkanes of at least 4 members (excludes halogenated alkanes) is 2. The van der Waals surface area contributed by atoms with E-state index in [0.29, 0.717) is 24.8 Å². The van der Waals surface area contributed by atoms with Crippen LogP contribution in [0.25, 0.3) is 0 Å². The monoisotopic (exact) mass is 453 g/mol. The van der Waals surface area contributed by atoms with Gasteiger partial charge >= 0.3 is 5.97 Å². The number of hydrogen-bond donors (Lipinski definition) is 4. The number of rotatable bonds is 14. The first-order chi connectivity index (χ1) is 14.5. The van der Waals surface area contributed by atoms with E-state index in [1.165, 1.54) is 19.1 Å². The van der Waals surface area contributed by atoms with Crippen LogP contribution in [0, 0.1) is 0 Å². The molecule has 31 heavy (non-hydrogen) atoms. The number of hydrogen-bond acceptors (Lipinski definition) is 6. The van der Waals surface area contributed by atoms with E-state index >= 15 is 0 Å². The number of aliphatic carboxylic acids is 1. The second-order valence-corrected chi connectivity index (χ2v) is 7.59. The Morgan fingerprint density at radius 1 is 1.06 bits per heavy atom. The predicted octanol–water partition coefficient (Wildman–Crippen LogP) is 0.339. The molecule has 0 aromatic rings. The summed E-state index contributed by atoms with van der Waals surface area (Å²) in [5.74, 6) is -2.90. The summed E-state index contributed by atoms with van der Waals surface area (Å²) in [7, 11) is 0. The van der Waals surface area contributed by atoms with E-state index in [-0.39, 0.29) is 37.6 Å². The van der Waals surface area contributed by atoms with Gasteiger partial charge in [0.15, 0.2) is 0 Å². The molecular weight excluding hydrogens is 426 g/mol. The number of carboxylic acids is 1. The normalized spacial score (nSPS) is 14.8. The van der Waals surface area contributed by atoms with Gasteiger partial charge in [0.05, 0.1) is 6.04 Å². The molecule has 170 valence electrons. The van der Waals surface area contributed by atoms with Gasteiger partial charge < -0.3 is 15.7 Å². The molecule has 11 heteroatoms. The molecule has 0 bridgehead atoms. The van der Waals surface area contributed by atoms with Crippen molar-refractivity contribution in [1.29, 1.82) is 0 Å². The Hall–Kier alpha value is -2.95. The Bertz CT molecular complexity index is 776. The maximum absolute atomic E-state index is 12.5. The van der Waals surface area contributed by atoms with Crippen molar-refractivity contribution in [2.24, 2.45) is 0 Å². The summed E-state index contributed by atoms with van der Waals surface area (Å²) in [4.78, 5) is 70.9. The zero-order chi connectivity index (χ0) is 23.6. The van der Waals surface area contributed by atoms with Gasteiger partial charge in [0, 0.05) is 31.5 Å². The number of imide groups is 1. The second-order valence-electron chi connectivity index (χ2n) is 7.15. The van der Waals surface area contributed by atoms with E-state index in [2.05, 4.69) is 29.8 Å². The van der Waals surface area contributed by atoms with Gasteiger partial charge in [-0.2, -0.15) is 0 Å². The second kappa shape index (κ2) is 12.7. The number of carbonyl (C=O) groups is 6. The first-order valence-corrected chi connectivity index (χ1v) is 10.2. The molecule has 0 saturated heterocycles. The molecule has 0 aromatic carbocycles. The third kappa shape index (κ3) is 9.16. The largest absolute Gasteiger partial charge is 0.481 e. The molecule has 0 unspecified atom stereocenters. The van der Waals surface area contributed by atoms with Gasteiger partial charge in [-0.3, -0.25) is 33.7 Å². The number of thiol groups is 1. The molecule has 4 amide bonds. The van der Waals surface area contributed by atoms with Crippen LogP contribution in [0.1, 0.15) is 45.4 Å². The molecule has 0 aromatic heterocycles. The van der Waals surface area contributed by atoms with Crippen LogP contribution in [0.4, 0.5) is 0 Å². The van der Waals surface area contributed by atoms with Gasteiger partial charge in [-0.25, -0.2) is 0 Å². The lowest BCUT2D eigenvalue weighted by molar-refractivity contribution is -0.138. The van der Waals surface area contributed by atoms with Gasteiger partial charge in [0.1, 0.15) is 6.04 Å². The molecule has 0 radical (unpaired) electrons. The summed E-state index contributed by atoms with van der Waals surface area (Å²) in [5, 5.41) is 13.0. The molecule has 3 N–H and O–H groups in total. The van der Waals surface area contributed by atoms with Crippen LogP contribution >= 0.6 is 12.6 Å². The van der Waals surface area contributed by atoms with Gasteiger partial charge in [0.2, 0.25) is 16.9 Å². The Labute approximate surface area is 185 Å². The van der Waals surface area contributed by atoms with Crippen LogP contribution in [0.2, 0.25) is 0 Å². The third-order valence-electron chi connectivity index (χ3n) is 4.51. The van der Waals surface area contributed by atoms with E-state index in [0.717, 1.165) is 4.90 Å². The minimum Gasteiger partial charge on any atom is -0.481 e. The fourth-order valence-corrected chi connectivity index (χ4v) is 3.00. The molecule has 1 aliphatic rings. The van der Waals surface area contributed by atoms with Gasteiger partial charge in [-0.15, -0.1) is 12.6 Å². The number of carboxylic acid groups (broad SMARTS) is 1. The lowest BCUT2D eigenvalue weighted by Crippen LogP contribution is -2.51. The highest BCUT2D eigenvalue weighted by molar-refractivity contribution is 7.96. The van der Waals surface area contributed by atoms with Crippen LogP contribution < -0.4 is 10.6 Å². The molecule has 0 fully saturated rings. The predicted molar refractivity (Wildman–Crippen MR) is 114 cm³/mol. The lowest BCUT2D eigenvalue weighted by Gasteiger charge is -2.22. The van der Waals surface area contributed by atoms with E-state index in [4.69, 9.17) is 5.11 Å². The summed E-state index contributed by atoms with van der Waals surface area (Å²) >= 11 is 3.66. The Morgan fingerprint density at radius 2 is 1.68 bits per heavy atom. The van der Waals surface area contributed by atoms with E-state index in [9.17, 15) is 28.8 Å². The average Bonchev–Trinajstić information content (AvgIpc) is 3.00. The maximum atomic E-state index is 12.5. The van der Waals surface area contributed by atoms with Crippen molar-refractivity contribution >= 4 is 47.3 Å². The number of carbonyl (C=O) groups excluding carboxylic acids is 5. The smallest absolute Gasteiger partial charge is 0.303 e. The highest BCUT2D eigenvalue weighted by Crippen LogP contribution is 2.09. The van der Waals surface area contributed by atoms with Crippen LogP contribution in [-0.2, 0) is 28.8 Å². The topological polar surface area (TPSA) is 150 Å². The summed E-state index contributed by atoms with van der Waals surface area (Å²) in [6.07, 6.45) is 3.72. The highest BCUT2D eigenvalue weighted by atomic mass is 32.1. The fourth-order valence-electron chi connectivity index (χ4n) is 2.81. The highest BCUT2D eigenvalue weighted by Gasteiger charge is 2.26. The Morgan fingerprint density at radius 3 is 2.19 bits per heavy atom. The molecule has 10 nitrogen and oxygen atoms in total. The first-order valence-electron chi connectivity index (χ1n) is 9.76. The molecule has 2 atom stereocenters. The van der Waals surface area contributed by atoms with Gasteiger partial charge in [-0.1, -0.05) is 13.0 Å². The number of nitrogens with zero attached hydrogens (tertiary/aromatic N) is 1. The quantitative estimate of drug-likeness (QED) is 0.128. The average molecular weight is 454 g/mol. The summed E-state index contributed by atoms with van der Waals surface area (Å²) in [6.45, 7) is 5.49. The molecule has 0 aliphatic carbocycles. The zero-order valence-electron chi connectivity index (χ0n) is 17.3. The molecule has 1 heterocycles. The molecule has 1 rings (SSSR count). The Balaban J connectivity index is 2.45. The fraction of sp³-hybridized carbons (Fsp3) is 0.500. The summed E-state index contributed by atoms with van der Waals surface area (Å²) < 4.78 is 0. The molecule has 0 spiro atoms. The number of nitrogens with one attached hydrogen (secondary N) is 2. The lowest BCUT2D eigenvalue weighted by atomic mass is 10.1. The third-order valence-corrected chi connectivity index (χ3v) is 4.82. The molecule has 0 saturated carbocycles. The zero-order valence-corrected chi connectivity index (χ0v) is 18.2. The Kier molecular flexibility index (Phi) is 10.7. The van der Waals surface area contributed by atoms with Crippen molar-refractivity contribution in [2.45, 2.75) is 57.5 Å². The van der Waals surface area contributed by atoms with Crippen molar-refractivity contribution in [3.8, 4) is 0 Å². The van der Waals surface area contributed by atoms with E-state index in [1.807, 2.05) is 0 Å². The van der Waals surface area contributed by atoms with Crippen LogP contribution in [0.15, 0.2) is 24.3 Å². The van der Waals surface area contributed by atoms with Gasteiger partial charge in [-0.05, 0) is 31.8 Å². The number of amides is 4. The van der Waals surface area contributed by atoms with Crippen molar-refractivity contribution in [3.63, 3.8) is 0 Å². The van der Waals surface area contributed by atoms with Crippen LogP contribution in [0.3, 0.4) is 0 Å². The van der Waals surface area contributed by atoms with Crippen LogP contribution in [-0.4, -0.2) is 63.3 Å². The minimum absolute atomic E-state index is 0.116. The van der Waals surface area contributed by atoms with Crippen molar-refractivity contribution in [2.75, 3.05) is 6.54 Å². The van der Waals surface area contributed by atoms with Crippen molar-refractivity contribution < 1.29 is 33.9 Å². The molecule has 1 aliphatic heterocycles. The maximum Gasteiger partial charge on any atom is 0.303 e. The summed E-state index contributed by atoms with van der Waals surface area (Å²) in [6, 6.07) is -2.19. The first kappa shape index (κ1) is 26.1.